The summed E-state index contributed by atoms with van der Waals surface area (Å²) in [5.74, 6) is 9.23. The summed E-state index contributed by atoms with van der Waals surface area (Å²) in [4.78, 5) is 0. The molecule has 0 saturated heterocycles. The summed E-state index contributed by atoms with van der Waals surface area (Å²) in [6, 6.07) is 1.96. The van der Waals surface area contributed by atoms with Gasteiger partial charge < -0.3 is 0 Å². The summed E-state index contributed by atoms with van der Waals surface area (Å²) in [6.07, 6.45) is 19.8. The first kappa shape index (κ1) is 18.4. The molecule has 0 spiro atoms. The molecule has 23 heavy (non-hydrogen) atoms. The minimum absolute atomic E-state index is 0.505. The topological polar surface area (TPSA) is 23.8 Å². The lowest BCUT2D eigenvalue weighted by Crippen LogP contribution is -2.25. The van der Waals surface area contributed by atoms with E-state index in [0.29, 0.717) is 5.92 Å². The molecule has 0 aliphatic heterocycles. The summed E-state index contributed by atoms with van der Waals surface area (Å²) in [5, 5.41) is 8.56. The second-order valence-electron chi connectivity index (χ2n) is 7.98. The fourth-order valence-electron chi connectivity index (χ4n) is 4.85. The van der Waals surface area contributed by atoms with Crippen LogP contribution < -0.4 is 0 Å². The molecule has 2 aliphatic carbocycles. The second kappa shape index (κ2) is 10.8. The molecule has 0 aromatic heterocycles. The minimum Gasteiger partial charge on any atom is -0.183 e. The Morgan fingerprint density at radius 2 is 1.39 bits per heavy atom. The maximum Gasteiger partial charge on any atom is 0.152 e. The average molecular weight is 314 g/mol. The maximum absolute atomic E-state index is 8.56. The van der Waals surface area contributed by atoms with Crippen molar-refractivity contribution in [2.24, 2.45) is 23.7 Å². The Hall–Kier alpha value is -0.950. The summed E-state index contributed by atoms with van der Waals surface area (Å²) >= 11 is 0. The van der Waals surface area contributed by atoms with Gasteiger partial charge in [0.1, 0.15) is 0 Å². The van der Waals surface area contributed by atoms with E-state index in [4.69, 9.17) is 5.26 Å². The van der Waals surface area contributed by atoms with Crippen LogP contribution in [0.25, 0.3) is 0 Å². The van der Waals surface area contributed by atoms with Crippen LogP contribution in [-0.2, 0) is 0 Å². The maximum atomic E-state index is 8.56. The van der Waals surface area contributed by atoms with Gasteiger partial charge in [0, 0.05) is 11.8 Å². The quantitative estimate of drug-likeness (QED) is 0.389. The van der Waals surface area contributed by atoms with Crippen molar-refractivity contribution < 1.29 is 0 Å². The number of hydrogen-bond acceptors (Lipinski definition) is 1. The van der Waals surface area contributed by atoms with E-state index in [1.165, 1.54) is 89.9 Å². The van der Waals surface area contributed by atoms with Crippen molar-refractivity contribution in [3.05, 3.63) is 0 Å². The Bertz CT molecular complexity index is 405. The first-order valence-corrected chi connectivity index (χ1v) is 10.2. The molecule has 0 unspecified atom stereocenters. The predicted octanol–water partition coefficient (Wildman–Crippen LogP) is 6.49. The van der Waals surface area contributed by atoms with E-state index >= 15 is 0 Å². The molecule has 2 fully saturated rings. The highest BCUT2D eigenvalue weighted by molar-refractivity contribution is 5.18. The molecule has 128 valence electrons. The lowest BCUT2D eigenvalue weighted by Gasteiger charge is -2.37. The van der Waals surface area contributed by atoms with E-state index in [1.807, 2.05) is 6.07 Å². The molecule has 0 heterocycles. The molecule has 2 saturated carbocycles. The van der Waals surface area contributed by atoms with Crippen molar-refractivity contribution >= 4 is 0 Å². The van der Waals surface area contributed by atoms with Gasteiger partial charge in [-0.1, -0.05) is 64.2 Å². The van der Waals surface area contributed by atoms with Crippen LogP contribution in [0.1, 0.15) is 96.8 Å². The predicted molar refractivity (Wildman–Crippen MR) is 97.7 cm³/mol. The van der Waals surface area contributed by atoms with Crippen LogP contribution in [0.15, 0.2) is 0 Å². The Kier molecular flexibility index (Phi) is 8.60. The number of unbranched alkanes of at least 4 members (excludes halogenated alkanes) is 4. The van der Waals surface area contributed by atoms with Crippen LogP contribution in [0.5, 0.6) is 0 Å². The molecule has 0 aromatic rings. The molecule has 0 amide bonds. The van der Waals surface area contributed by atoms with Crippen LogP contribution in [0.2, 0.25) is 0 Å². The summed E-state index contributed by atoms with van der Waals surface area (Å²) in [5.41, 5.74) is 0. The first-order valence-electron chi connectivity index (χ1n) is 10.2. The lowest BCUT2D eigenvalue weighted by atomic mass is 9.69. The largest absolute Gasteiger partial charge is 0.183 e. The smallest absolute Gasteiger partial charge is 0.152 e. The van der Waals surface area contributed by atoms with Crippen LogP contribution in [0.4, 0.5) is 0 Å². The lowest BCUT2D eigenvalue weighted by molar-refractivity contribution is 0.153. The summed E-state index contributed by atoms with van der Waals surface area (Å²) in [6.45, 7) is 2.30. The molecule has 1 heteroatoms. The van der Waals surface area contributed by atoms with Crippen molar-refractivity contribution in [2.45, 2.75) is 96.8 Å². The van der Waals surface area contributed by atoms with Gasteiger partial charge in [-0.2, -0.15) is 5.26 Å². The highest BCUT2D eigenvalue weighted by atomic mass is 14.4. The molecule has 2 rings (SSSR count). The van der Waals surface area contributed by atoms with Gasteiger partial charge in [-0.3, -0.25) is 0 Å². The third kappa shape index (κ3) is 6.59. The number of nitrogens with zero attached hydrogens (tertiary/aromatic N) is 1. The van der Waals surface area contributed by atoms with Crippen molar-refractivity contribution in [2.75, 3.05) is 0 Å². The zero-order valence-corrected chi connectivity index (χ0v) is 15.2. The van der Waals surface area contributed by atoms with Gasteiger partial charge in [-0.15, -0.1) is 0 Å². The van der Waals surface area contributed by atoms with Crippen LogP contribution >= 0.6 is 0 Å². The van der Waals surface area contributed by atoms with Gasteiger partial charge >= 0.3 is 0 Å². The summed E-state index contributed by atoms with van der Waals surface area (Å²) in [7, 11) is 0. The second-order valence-corrected chi connectivity index (χ2v) is 7.98. The Morgan fingerprint density at radius 3 is 2.00 bits per heavy atom. The molecular weight excluding hydrogens is 278 g/mol. The van der Waals surface area contributed by atoms with E-state index in [2.05, 4.69) is 18.8 Å². The number of hydrogen-bond donors (Lipinski definition) is 0. The van der Waals surface area contributed by atoms with E-state index in [0.717, 1.165) is 17.8 Å². The molecule has 0 radical (unpaired) electrons. The zero-order chi connectivity index (χ0) is 16.3. The van der Waals surface area contributed by atoms with E-state index < -0.39 is 0 Å². The van der Waals surface area contributed by atoms with Gasteiger partial charge in [0.2, 0.25) is 0 Å². The van der Waals surface area contributed by atoms with Crippen molar-refractivity contribution in [3.8, 4) is 17.9 Å². The number of rotatable bonds is 7. The van der Waals surface area contributed by atoms with E-state index in [9.17, 15) is 0 Å². The van der Waals surface area contributed by atoms with Crippen LogP contribution in [-0.4, -0.2) is 0 Å². The van der Waals surface area contributed by atoms with Gasteiger partial charge in [0.25, 0.3) is 0 Å². The molecule has 0 bridgehead atoms. The monoisotopic (exact) mass is 313 g/mol. The van der Waals surface area contributed by atoms with E-state index in [1.54, 1.807) is 0 Å². The molecule has 1 nitrogen and oxygen atoms in total. The van der Waals surface area contributed by atoms with Crippen molar-refractivity contribution in [1.29, 1.82) is 5.26 Å². The third-order valence-corrected chi connectivity index (χ3v) is 6.38. The molecule has 0 aromatic carbocycles. The normalized spacial score (nSPS) is 31.0. The van der Waals surface area contributed by atoms with Gasteiger partial charge in [0.15, 0.2) is 6.07 Å². The van der Waals surface area contributed by atoms with Crippen molar-refractivity contribution in [3.63, 3.8) is 0 Å². The fourth-order valence-corrected chi connectivity index (χ4v) is 4.85. The number of nitriles is 1. The van der Waals surface area contributed by atoms with Gasteiger partial charge in [-0.05, 0) is 56.3 Å². The zero-order valence-electron chi connectivity index (χ0n) is 15.2. The molecular formula is C22H35N. The van der Waals surface area contributed by atoms with Gasteiger partial charge in [-0.25, -0.2) is 0 Å². The first-order chi connectivity index (χ1) is 11.3. The van der Waals surface area contributed by atoms with Crippen LogP contribution in [0.3, 0.4) is 0 Å². The molecule has 2 aliphatic rings. The third-order valence-electron chi connectivity index (χ3n) is 6.38. The Labute approximate surface area is 144 Å². The van der Waals surface area contributed by atoms with Crippen LogP contribution in [0, 0.1) is 46.8 Å². The standard InChI is InChI=1S/C22H35N/c1-2-3-4-5-6-8-19-10-14-21(15-11-19)22-16-12-20(13-17-22)9-7-18-23/h19-22H,2-6,8,10-17H2,1H3/t19-,20-,21-,22-. The summed E-state index contributed by atoms with van der Waals surface area (Å²) < 4.78 is 0. The average Bonchev–Trinajstić information content (AvgIpc) is 2.61. The molecule has 0 atom stereocenters. The highest BCUT2D eigenvalue weighted by Crippen LogP contribution is 2.42. The van der Waals surface area contributed by atoms with Gasteiger partial charge in [0.05, 0.1) is 0 Å². The van der Waals surface area contributed by atoms with E-state index in [-0.39, 0.29) is 0 Å². The Balaban J connectivity index is 1.59. The fraction of sp³-hybridized carbons (Fsp3) is 0.864. The minimum atomic E-state index is 0.505. The SMILES string of the molecule is CCCCCCC[C@H]1CC[C@H]([C@H]2CC[C@H](C#CC#N)CC2)CC1. The highest BCUT2D eigenvalue weighted by Gasteiger charge is 2.30. The Morgan fingerprint density at radius 1 is 0.783 bits per heavy atom. The van der Waals surface area contributed by atoms with Crippen molar-refractivity contribution in [1.82, 2.24) is 0 Å². The molecule has 0 N–H and O–H groups in total.